The molecule has 0 radical (unpaired) electrons. The van der Waals surface area contributed by atoms with E-state index in [9.17, 15) is 0 Å². The van der Waals surface area contributed by atoms with E-state index in [4.69, 9.17) is 16.0 Å². The Hall–Kier alpha value is -1.80. The van der Waals surface area contributed by atoms with Crippen LogP contribution in [0.15, 0.2) is 53.2 Å². The summed E-state index contributed by atoms with van der Waals surface area (Å²) in [7, 11) is 1.99. The molecule has 0 spiro atoms. The summed E-state index contributed by atoms with van der Waals surface area (Å²) < 4.78 is 7.77. The van der Waals surface area contributed by atoms with Crippen LogP contribution in [0.4, 0.5) is 0 Å². The summed E-state index contributed by atoms with van der Waals surface area (Å²) in [5.74, 6) is 0.864. The van der Waals surface area contributed by atoms with Crippen LogP contribution in [0.5, 0.6) is 0 Å². The SMILES string of the molecule is C[n+]1ccc(-c2cc3cc(Cl)ccc3o2)cc1. The highest BCUT2D eigenvalue weighted by Gasteiger charge is 2.07. The van der Waals surface area contributed by atoms with Gasteiger partial charge in [0.05, 0.1) is 0 Å². The molecule has 1 aromatic carbocycles. The van der Waals surface area contributed by atoms with Crippen molar-refractivity contribution in [2.45, 2.75) is 0 Å². The molecule has 3 rings (SSSR count). The Morgan fingerprint density at radius 1 is 1.06 bits per heavy atom. The first-order valence-corrected chi connectivity index (χ1v) is 5.75. The monoisotopic (exact) mass is 244 g/mol. The molecule has 0 N–H and O–H groups in total. The first-order chi connectivity index (χ1) is 8.22. The fourth-order valence-electron chi connectivity index (χ4n) is 1.82. The van der Waals surface area contributed by atoms with Gasteiger partial charge >= 0.3 is 0 Å². The van der Waals surface area contributed by atoms with Crippen LogP contribution in [0, 0.1) is 0 Å². The van der Waals surface area contributed by atoms with Gasteiger partial charge in [0.2, 0.25) is 0 Å². The molecule has 17 heavy (non-hydrogen) atoms. The van der Waals surface area contributed by atoms with Gasteiger partial charge in [0, 0.05) is 28.1 Å². The van der Waals surface area contributed by atoms with Gasteiger partial charge in [0.1, 0.15) is 18.4 Å². The molecule has 0 saturated carbocycles. The number of fused-ring (bicyclic) bond motifs is 1. The smallest absolute Gasteiger partial charge is 0.169 e. The maximum absolute atomic E-state index is 5.95. The van der Waals surface area contributed by atoms with Crippen molar-refractivity contribution in [3.63, 3.8) is 0 Å². The van der Waals surface area contributed by atoms with Gasteiger partial charge in [-0.25, -0.2) is 4.57 Å². The average Bonchev–Trinajstić information content (AvgIpc) is 2.72. The Labute approximate surface area is 104 Å². The lowest BCUT2D eigenvalue weighted by Gasteiger charge is -1.93. The molecule has 0 aliphatic rings. The van der Waals surface area contributed by atoms with E-state index < -0.39 is 0 Å². The van der Waals surface area contributed by atoms with E-state index in [0.717, 1.165) is 27.3 Å². The first-order valence-electron chi connectivity index (χ1n) is 5.37. The van der Waals surface area contributed by atoms with Crippen LogP contribution in [0.1, 0.15) is 0 Å². The summed E-state index contributed by atoms with van der Waals surface area (Å²) >= 11 is 5.95. The molecule has 2 nitrogen and oxygen atoms in total. The van der Waals surface area contributed by atoms with Crippen molar-refractivity contribution in [1.29, 1.82) is 0 Å². The summed E-state index contributed by atoms with van der Waals surface area (Å²) in [6, 6.07) is 11.7. The molecule has 3 aromatic rings. The minimum Gasteiger partial charge on any atom is -0.456 e. The van der Waals surface area contributed by atoms with Gasteiger partial charge in [-0.2, -0.15) is 0 Å². The number of pyridine rings is 1. The third kappa shape index (κ3) is 1.92. The third-order valence-corrected chi connectivity index (χ3v) is 2.98. The van der Waals surface area contributed by atoms with Crippen LogP contribution in [0.3, 0.4) is 0 Å². The predicted molar refractivity (Wildman–Crippen MR) is 67.8 cm³/mol. The van der Waals surface area contributed by atoms with Crippen LogP contribution in [-0.2, 0) is 7.05 Å². The van der Waals surface area contributed by atoms with Gasteiger partial charge in [0.25, 0.3) is 0 Å². The van der Waals surface area contributed by atoms with E-state index in [-0.39, 0.29) is 0 Å². The molecule has 0 saturated heterocycles. The predicted octanol–water partition coefficient (Wildman–Crippen LogP) is 3.58. The number of furan rings is 1. The van der Waals surface area contributed by atoms with Crippen molar-refractivity contribution in [2.24, 2.45) is 7.05 Å². The minimum atomic E-state index is 0.726. The van der Waals surface area contributed by atoms with Crippen LogP contribution in [0.2, 0.25) is 5.02 Å². The molecule has 0 aliphatic heterocycles. The number of aromatic nitrogens is 1. The zero-order chi connectivity index (χ0) is 11.8. The van der Waals surface area contributed by atoms with Gasteiger partial charge in [-0.3, -0.25) is 0 Å². The largest absolute Gasteiger partial charge is 0.456 e. The number of benzene rings is 1. The Balaban J connectivity index is 2.14. The normalized spacial score (nSPS) is 10.9. The summed E-state index contributed by atoms with van der Waals surface area (Å²) in [4.78, 5) is 0. The van der Waals surface area contributed by atoms with Gasteiger partial charge in [-0.05, 0) is 24.3 Å². The average molecular weight is 245 g/mol. The van der Waals surface area contributed by atoms with Crippen molar-refractivity contribution < 1.29 is 8.98 Å². The number of halogens is 1. The standard InChI is InChI=1S/C14H11ClNO/c1-16-6-4-10(5-7-16)14-9-11-8-12(15)2-3-13(11)17-14/h2-9H,1H3/q+1. The Morgan fingerprint density at radius 3 is 2.59 bits per heavy atom. The topological polar surface area (TPSA) is 17.0 Å². The molecule has 2 aromatic heterocycles. The fourth-order valence-corrected chi connectivity index (χ4v) is 2.00. The zero-order valence-electron chi connectivity index (χ0n) is 9.35. The summed E-state index contributed by atoms with van der Waals surface area (Å²) in [5.41, 5.74) is 1.92. The zero-order valence-corrected chi connectivity index (χ0v) is 10.1. The lowest BCUT2D eigenvalue weighted by atomic mass is 10.2. The molecule has 0 atom stereocenters. The van der Waals surface area contributed by atoms with Crippen molar-refractivity contribution >= 4 is 22.6 Å². The number of rotatable bonds is 1. The van der Waals surface area contributed by atoms with Crippen LogP contribution in [0.25, 0.3) is 22.3 Å². The maximum atomic E-state index is 5.95. The summed E-state index contributed by atoms with van der Waals surface area (Å²) in [5, 5.41) is 1.75. The molecule has 0 unspecified atom stereocenters. The van der Waals surface area contributed by atoms with E-state index in [2.05, 4.69) is 0 Å². The highest BCUT2D eigenvalue weighted by molar-refractivity contribution is 6.31. The molecule has 84 valence electrons. The molecule has 3 heteroatoms. The van der Waals surface area contributed by atoms with E-state index in [1.165, 1.54) is 0 Å². The lowest BCUT2D eigenvalue weighted by molar-refractivity contribution is -0.671. The third-order valence-electron chi connectivity index (χ3n) is 2.74. The molecule has 0 fully saturated rings. The van der Waals surface area contributed by atoms with Crippen molar-refractivity contribution in [2.75, 3.05) is 0 Å². The second-order valence-electron chi connectivity index (χ2n) is 4.05. The van der Waals surface area contributed by atoms with Crippen LogP contribution in [-0.4, -0.2) is 0 Å². The molecule has 0 amide bonds. The Bertz CT molecular complexity index is 670. The van der Waals surface area contributed by atoms with E-state index >= 15 is 0 Å². The summed E-state index contributed by atoms with van der Waals surface area (Å²) in [6.45, 7) is 0. The maximum Gasteiger partial charge on any atom is 0.169 e. The van der Waals surface area contributed by atoms with Crippen molar-refractivity contribution in [3.05, 3.63) is 53.8 Å². The van der Waals surface area contributed by atoms with Gasteiger partial charge in [-0.1, -0.05) is 11.6 Å². The van der Waals surface area contributed by atoms with E-state index in [1.54, 1.807) is 0 Å². The van der Waals surface area contributed by atoms with Crippen LogP contribution >= 0.6 is 11.6 Å². The molecule has 0 aliphatic carbocycles. The number of nitrogens with zero attached hydrogens (tertiary/aromatic N) is 1. The highest BCUT2D eigenvalue weighted by atomic mass is 35.5. The van der Waals surface area contributed by atoms with Gasteiger partial charge in [-0.15, -0.1) is 0 Å². The number of aryl methyl sites for hydroxylation is 1. The molecular formula is C14H11ClNO+. The Kier molecular flexibility index (Phi) is 2.37. The summed E-state index contributed by atoms with van der Waals surface area (Å²) in [6.07, 6.45) is 3.99. The van der Waals surface area contributed by atoms with E-state index in [0.29, 0.717) is 0 Å². The second kappa shape index (κ2) is 3.90. The van der Waals surface area contributed by atoms with Crippen molar-refractivity contribution in [1.82, 2.24) is 0 Å². The van der Waals surface area contributed by atoms with E-state index in [1.807, 2.05) is 60.4 Å². The molecule has 0 bridgehead atoms. The second-order valence-corrected chi connectivity index (χ2v) is 4.48. The highest BCUT2D eigenvalue weighted by Crippen LogP contribution is 2.28. The quantitative estimate of drug-likeness (QED) is 0.598. The number of hydrogen-bond acceptors (Lipinski definition) is 1. The lowest BCUT2D eigenvalue weighted by Crippen LogP contribution is -2.25. The minimum absolute atomic E-state index is 0.726. The number of hydrogen-bond donors (Lipinski definition) is 0. The van der Waals surface area contributed by atoms with Crippen molar-refractivity contribution in [3.8, 4) is 11.3 Å². The van der Waals surface area contributed by atoms with Gasteiger partial charge in [0.15, 0.2) is 12.4 Å². The molecular weight excluding hydrogens is 234 g/mol. The van der Waals surface area contributed by atoms with Gasteiger partial charge < -0.3 is 4.42 Å². The Morgan fingerprint density at radius 2 is 1.82 bits per heavy atom. The molecule has 2 heterocycles. The fraction of sp³-hybridized carbons (Fsp3) is 0.0714. The van der Waals surface area contributed by atoms with Crippen LogP contribution < -0.4 is 4.57 Å². The first kappa shape index (κ1) is 10.4.